The van der Waals surface area contributed by atoms with Gasteiger partial charge in [0.05, 0.1) is 16.9 Å². The standard InChI is InChI=1S/C9H13N3OS.C5H10O2/c13-11-5-8-6-14-9(12-8)7-1-3-10-4-2-7;1-5(2,3)7-4-6/h5-7,10,13H,1-4H2;4H,1-3H3/b11-5+;. The molecule has 1 aliphatic heterocycles. The van der Waals surface area contributed by atoms with Crippen molar-refractivity contribution in [3.05, 3.63) is 16.1 Å². The zero-order valence-corrected chi connectivity index (χ0v) is 13.5. The van der Waals surface area contributed by atoms with Crippen molar-refractivity contribution >= 4 is 24.0 Å². The second kappa shape index (κ2) is 8.74. The zero-order valence-electron chi connectivity index (χ0n) is 12.7. The van der Waals surface area contributed by atoms with Crippen LogP contribution in [0.3, 0.4) is 0 Å². The number of nitrogens with zero attached hydrogens (tertiary/aromatic N) is 2. The van der Waals surface area contributed by atoms with Crippen LogP contribution in [-0.4, -0.2) is 41.6 Å². The molecule has 0 saturated carbocycles. The predicted octanol–water partition coefficient (Wildman–Crippen LogP) is 2.38. The Morgan fingerprint density at radius 3 is 2.62 bits per heavy atom. The van der Waals surface area contributed by atoms with Crippen molar-refractivity contribution in [3.63, 3.8) is 0 Å². The van der Waals surface area contributed by atoms with Crippen LogP contribution in [0, 0.1) is 0 Å². The summed E-state index contributed by atoms with van der Waals surface area (Å²) >= 11 is 1.65. The summed E-state index contributed by atoms with van der Waals surface area (Å²) in [7, 11) is 0. The first-order valence-electron chi connectivity index (χ1n) is 6.91. The maximum absolute atomic E-state index is 9.60. The Kier molecular flexibility index (Phi) is 7.31. The lowest BCUT2D eigenvalue weighted by Crippen LogP contribution is -2.26. The highest BCUT2D eigenvalue weighted by Gasteiger charge is 2.17. The third-order valence-electron chi connectivity index (χ3n) is 2.82. The van der Waals surface area contributed by atoms with Gasteiger partial charge in [-0.15, -0.1) is 11.3 Å². The number of piperidine rings is 1. The number of carbonyl (C=O) groups excluding carboxylic acids is 1. The summed E-state index contributed by atoms with van der Waals surface area (Å²) < 4.78 is 4.55. The molecule has 1 aromatic rings. The van der Waals surface area contributed by atoms with E-state index in [-0.39, 0.29) is 5.60 Å². The van der Waals surface area contributed by atoms with Crippen molar-refractivity contribution in [1.82, 2.24) is 10.3 Å². The van der Waals surface area contributed by atoms with Gasteiger partial charge in [0.2, 0.25) is 0 Å². The van der Waals surface area contributed by atoms with Crippen LogP contribution in [0.4, 0.5) is 0 Å². The van der Waals surface area contributed by atoms with Crippen LogP contribution in [-0.2, 0) is 9.53 Å². The monoisotopic (exact) mass is 313 g/mol. The molecule has 118 valence electrons. The number of ether oxygens (including phenoxy) is 1. The molecule has 2 heterocycles. The highest BCUT2D eigenvalue weighted by molar-refractivity contribution is 7.09. The molecule has 2 rings (SSSR count). The average Bonchev–Trinajstić information content (AvgIpc) is 2.88. The van der Waals surface area contributed by atoms with Gasteiger partial charge in [0.1, 0.15) is 5.60 Å². The quantitative estimate of drug-likeness (QED) is 0.387. The third kappa shape index (κ3) is 7.19. The van der Waals surface area contributed by atoms with E-state index in [9.17, 15) is 4.79 Å². The Balaban J connectivity index is 0.000000270. The van der Waals surface area contributed by atoms with Crippen LogP contribution in [0.15, 0.2) is 10.5 Å². The Morgan fingerprint density at radius 1 is 1.48 bits per heavy atom. The van der Waals surface area contributed by atoms with Crippen molar-refractivity contribution in [1.29, 1.82) is 0 Å². The topological polar surface area (TPSA) is 83.8 Å². The van der Waals surface area contributed by atoms with Crippen LogP contribution < -0.4 is 5.32 Å². The van der Waals surface area contributed by atoms with Crippen LogP contribution >= 0.6 is 11.3 Å². The van der Waals surface area contributed by atoms with Crippen LogP contribution in [0.25, 0.3) is 0 Å². The normalized spacial score (nSPS) is 16.3. The molecule has 0 bridgehead atoms. The smallest absolute Gasteiger partial charge is 0.293 e. The van der Waals surface area contributed by atoms with Crippen molar-refractivity contribution in [3.8, 4) is 0 Å². The molecule has 6 nitrogen and oxygen atoms in total. The van der Waals surface area contributed by atoms with E-state index < -0.39 is 0 Å². The summed E-state index contributed by atoms with van der Waals surface area (Å²) in [5.41, 5.74) is 0.438. The van der Waals surface area contributed by atoms with Crippen LogP contribution in [0.2, 0.25) is 0 Å². The molecule has 0 aromatic carbocycles. The Bertz CT molecular complexity index is 449. The van der Waals surface area contributed by atoms with Gasteiger partial charge in [-0.1, -0.05) is 5.16 Å². The summed E-state index contributed by atoms with van der Waals surface area (Å²) in [4.78, 5) is 14.0. The molecule has 0 aliphatic carbocycles. The molecular weight excluding hydrogens is 290 g/mol. The maximum Gasteiger partial charge on any atom is 0.293 e. The summed E-state index contributed by atoms with van der Waals surface area (Å²) in [6.07, 6.45) is 3.69. The summed E-state index contributed by atoms with van der Waals surface area (Å²) in [6, 6.07) is 0. The Hall–Kier alpha value is -1.47. The van der Waals surface area contributed by atoms with Gasteiger partial charge in [-0.3, -0.25) is 4.79 Å². The average molecular weight is 313 g/mol. The number of thiazole rings is 1. The number of hydrogen-bond acceptors (Lipinski definition) is 7. The van der Waals surface area contributed by atoms with Crippen LogP contribution in [0.5, 0.6) is 0 Å². The molecule has 2 N–H and O–H groups in total. The fraction of sp³-hybridized carbons (Fsp3) is 0.643. The van der Waals surface area contributed by atoms with E-state index in [0.29, 0.717) is 12.4 Å². The van der Waals surface area contributed by atoms with Gasteiger partial charge in [0.15, 0.2) is 0 Å². The summed E-state index contributed by atoms with van der Waals surface area (Å²) in [5.74, 6) is 0.585. The number of oxime groups is 1. The largest absolute Gasteiger partial charge is 0.462 e. The summed E-state index contributed by atoms with van der Waals surface area (Å²) in [5, 5.41) is 17.8. The zero-order chi connectivity index (χ0) is 15.7. The molecule has 1 aromatic heterocycles. The second-order valence-electron chi connectivity index (χ2n) is 5.71. The number of nitrogens with one attached hydrogen (secondary N) is 1. The maximum atomic E-state index is 9.60. The van der Waals surface area contributed by atoms with E-state index in [2.05, 4.69) is 20.2 Å². The van der Waals surface area contributed by atoms with E-state index in [1.54, 1.807) is 11.3 Å². The second-order valence-corrected chi connectivity index (χ2v) is 6.60. The first kappa shape index (κ1) is 17.6. The minimum atomic E-state index is -0.318. The van der Waals surface area contributed by atoms with Crippen molar-refractivity contribution < 1.29 is 14.7 Å². The molecule has 7 heteroatoms. The van der Waals surface area contributed by atoms with E-state index in [1.807, 2.05) is 26.2 Å². The van der Waals surface area contributed by atoms with Crippen molar-refractivity contribution in [2.75, 3.05) is 13.1 Å². The molecular formula is C14H23N3O3S. The Morgan fingerprint density at radius 2 is 2.14 bits per heavy atom. The van der Waals surface area contributed by atoms with Crippen molar-refractivity contribution in [2.45, 2.75) is 45.1 Å². The fourth-order valence-corrected chi connectivity index (χ4v) is 2.76. The first-order valence-corrected chi connectivity index (χ1v) is 7.79. The number of rotatable bonds is 3. The lowest BCUT2D eigenvalue weighted by Gasteiger charge is -2.20. The fourth-order valence-electron chi connectivity index (χ4n) is 1.82. The molecule has 0 atom stereocenters. The van der Waals surface area contributed by atoms with Gasteiger partial charge in [0, 0.05) is 11.3 Å². The highest BCUT2D eigenvalue weighted by Crippen LogP contribution is 2.27. The van der Waals surface area contributed by atoms with E-state index in [1.165, 1.54) is 11.2 Å². The van der Waals surface area contributed by atoms with Gasteiger partial charge >= 0.3 is 0 Å². The minimum absolute atomic E-state index is 0.318. The van der Waals surface area contributed by atoms with E-state index in [4.69, 9.17) is 5.21 Å². The van der Waals surface area contributed by atoms with Gasteiger partial charge in [-0.05, 0) is 46.7 Å². The Labute approximate surface area is 129 Å². The molecule has 1 saturated heterocycles. The molecule has 1 fully saturated rings. The first-order chi connectivity index (χ1) is 9.96. The van der Waals surface area contributed by atoms with Crippen molar-refractivity contribution in [2.24, 2.45) is 5.16 Å². The number of hydrogen-bond donors (Lipinski definition) is 2. The van der Waals surface area contributed by atoms with E-state index in [0.717, 1.165) is 31.6 Å². The predicted molar refractivity (Wildman–Crippen MR) is 83.2 cm³/mol. The number of aromatic nitrogens is 1. The molecule has 21 heavy (non-hydrogen) atoms. The molecule has 0 spiro atoms. The lowest BCUT2D eigenvalue weighted by molar-refractivity contribution is -0.138. The highest BCUT2D eigenvalue weighted by atomic mass is 32.1. The molecule has 1 aliphatic rings. The minimum Gasteiger partial charge on any atom is -0.462 e. The SMILES string of the molecule is CC(C)(C)OC=O.O/N=C/c1csc(C2CCNCC2)n1. The van der Waals surface area contributed by atoms with Gasteiger partial charge < -0.3 is 15.3 Å². The lowest BCUT2D eigenvalue weighted by atomic mass is 9.99. The third-order valence-corrected chi connectivity index (χ3v) is 3.85. The molecule has 0 amide bonds. The van der Waals surface area contributed by atoms with Crippen LogP contribution in [0.1, 0.15) is 50.2 Å². The molecule has 0 unspecified atom stereocenters. The van der Waals surface area contributed by atoms with E-state index >= 15 is 0 Å². The van der Waals surface area contributed by atoms with Gasteiger partial charge in [0.25, 0.3) is 6.47 Å². The molecule has 0 radical (unpaired) electrons. The van der Waals surface area contributed by atoms with Gasteiger partial charge in [-0.25, -0.2) is 4.98 Å². The summed E-state index contributed by atoms with van der Waals surface area (Å²) in [6.45, 7) is 8.07. The van der Waals surface area contributed by atoms with Gasteiger partial charge in [-0.2, -0.15) is 0 Å². The number of carbonyl (C=O) groups is 1.